The molecule has 0 radical (unpaired) electrons. The van der Waals surface area contributed by atoms with Crippen molar-refractivity contribution in [3.05, 3.63) is 63.7 Å². The second-order valence-electron chi connectivity index (χ2n) is 4.29. The highest BCUT2D eigenvalue weighted by atomic mass is 35.5. The molecule has 0 bridgehead atoms. The first kappa shape index (κ1) is 15.5. The predicted octanol–water partition coefficient (Wildman–Crippen LogP) is 3.83. The summed E-state index contributed by atoms with van der Waals surface area (Å²) in [4.78, 5) is 24.0. The molecule has 0 N–H and O–H groups in total. The van der Waals surface area contributed by atoms with Gasteiger partial charge in [-0.1, -0.05) is 29.8 Å². The minimum Gasteiger partial charge on any atom is -0.274 e. The highest BCUT2D eigenvalue weighted by Crippen LogP contribution is 2.36. The van der Waals surface area contributed by atoms with Crippen molar-refractivity contribution in [2.24, 2.45) is 0 Å². The minimum absolute atomic E-state index is 0.0314. The maximum Gasteiger partial charge on any atom is 0.293 e. The molecule has 0 unspecified atom stereocenters. The Hall–Kier alpha value is -2.91. The zero-order valence-corrected chi connectivity index (χ0v) is 12.0. The van der Waals surface area contributed by atoms with E-state index in [2.05, 4.69) is 0 Å². The third-order valence-corrected chi connectivity index (χ3v) is 3.10. The van der Waals surface area contributed by atoms with Crippen LogP contribution < -0.4 is 4.90 Å². The second kappa shape index (κ2) is 6.70. The average Bonchev–Trinajstić information content (AvgIpc) is 2.48. The normalized spacial score (nSPS) is 9.82. The molecule has 0 atom stereocenters. The van der Waals surface area contributed by atoms with Gasteiger partial charge in [0.1, 0.15) is 12.1 Å². The van der Waals surface area contributed by atoms with Crippen LogP contribution in [0.3, 0.4) is 0 Å². The molecule has 2 rings (SSSR count). The van der Waals surface area contributed by atoms with Gasteiger partial charge in [0.05, 0.1) is 11.0 Å². The van der Waals surface area contributed by atoms with Gasteiger partial charge in [-0.25, -0.2) is 0 Å². The molecule has 22 heavy (non-hydrogen) atoms. The van der Waals surface area contributed by atoms with E-state index in [1.807, 2.05) is 0 Å². The highest BCUT2D eigenvalue weighted by molar-refractivity contribution is 6.31. The number of halogens is 1. The van der Waals surface area contributed by atoms with Gasteiger partial charge < -0.3 is 0 Å². The standard InChI is InChI=1S/C15H10ClN3O3/c16-11-6-7-13(19(21)22)14(10-11)18(15(20)8-9-17)12-4-2-1-3-5-12/h1-7,10H,8H2. The Labute approximate surface area is 131 Å². The summed E-state index contributed by atoms with van der Waals surface area (Å²) in [6, 6.07) is 14.1. The molecule has 110 valence electrons. The summed E-state index contributed by atoms with van der Waals surface area (Å²) in [7, 11) is 0. The average molecular weight is 316 g/mol. The van der Waals surface area contributed by atoms with Crippen molar-refractivity contribution in [3.8, 4) is 6.07 Å². The van der Waals surface area contributed by atoms with E-state index in [0.29, 0.717) is 5.69 Å². The monoisotopic (exact) mass is 315 g/mol. The summed E-state index contributed by atoms with van der Waals surface area (Å²) in [5.74, 6) is -0.570. The number of benzene rings is 2. The molecule has 7 heteroatoms. The first-order valence-electron chi connectivity index (χ1n) is 6.23. The van der Waals surface area contributed by atoms with Crippen molar-refractivity contribution in [2.45, 2.75) is 6.42 Å². The third-order valence-electron chi connectivity index (χ3n) is 2.87. The molecule has 0 aliphatic heterocycles. The van der Waals surface area contributed by atoms with Crippen LogP contribution in [0.4, 0.5) is 17.1 Å². The van der Waals surface area contributed by atoms with Crippen LogP contribution in [0, 0.1) is 21.4 Å². The van der Waals surface area contributed by atoms with E-state index in [9.17, 15) is 14.9 Å². The predicted molar refractivity (Wildman–Crippen MR) is 81.9 cm³/mol. The van der Waals surface area contributed by atoms with Gasteiger partial charge in [-0.05, 0) is 24.3 Å². The summed E-state index contributed by atoms with van der Waals surface area (Å²) in [6.45, 7) is 0. The maximum atomic E-state index is 12.3. The second-order valence-corrected chi connectivity index (χ2v) is 4.73. The Morgan fingerprint density at radius 3 is 2.55 bits per heavy atom. The Bertz CT molecular complexity index is 756. The van der Waals surface area contributed by atoms with E-state index in [1.54, 1.807) is 36.4 Å². The quantitative estimate of drug-likeness (QED) is 0.633. The molecule has 1 amide bonds. The molecule has 0 spiro atoms. The lowest BCUT2D eigenvalue weighted by Gasteiger charge is -2.22. The van der Waals surface area contributed by atoms with E-state index < -0.39 is 17.3 Å². The van der Waals surface area contributed by atoms with Crippen molar-refractivity contribution >= 4 is 34.6 Å². The van der Waals surface area contributed by atoms with Crippen LogP contribution in [0.1, 0.15) is 6.42 Å². The number of anilines is 2. The number of nitro groups is 1. The molecule has 0 aliphatic rings. The molecular formula is C15H10ClN3O3. The molecule has 0 aromatic heterocycles. The fourth-order valence-electron chi connectivity index (χ4n) is 1.97. The van der Waals surface area contributed by atoms with E-state index >= 15 is 0 Å². The van der Waals surface area contributed by atoms with Crippen LogP contribution in [-0.4, -0.2) is 10.8 Å². The Morgan fingerprint density at radius 1 is 1.27 bits per heavy atom. The number of hydrogen-bond acceptors (Lipinski definition) is 4. The lowest BCUT2D eigenvalue weighted by molar-refractivity contribution is -0.384. The van der Waals surface area contributed by atoms with Crippen LogP contribution in [-0.2, 0) is 4.79 Å². The Kier molecular flexibility index (Phi) is 4.71. The van der Waals surface area contributed by atoms with Gasteiger partial charge in [0.15, 0.2) is 0 Å². The van der Waals surface area contributed by atoms with E-state index in [4.69, 9.17) is 16.9 Å². The molecule has 2 aromatic rings. The first-order chi connectivity index (χ1) is 10.5. The SMILES string of the molecule is N#CCC(=O)N(c1ccccc1)c1cc(Cl)ccc1[N+](=O)[O-]. The summed E-state index contributed by atoms with van der Waals surface area (Å²) in [6.07, 6.45) is -0.404. The van der Waals surface area contributed by atoms with Gasteiger partial charge in [-0.15, -0.1) is 0 Å². The lowest BCUT2D eigenvalue weighted by atomic mass is 10.2. The van der Waals surface area contributed by atoms with Crippen molar-refractivity contribution in [2.75, 3.05) is 4.90 Å². The number of amides is 1. The fraction of sp³-hybridized carbons (Fsp3) is 0.0667. The Morgan fingerprint density at radius 2 is 1.95 bits per heavy atom. The number of nitro benzene ring substituents is 1. The molecule has 0 saturated carbocycles. The summed E-state index contributed by atoms with van der Waals surface area (Å²) < 4.78 is 0. The van der Waals surface area contributed by atoms with Crippen LogP contribution in [0.25, 0.3) is 0 Å². The number of nitriles is 1. The van der Waals surface area contributed by atoms with Gasteiger partial charge in [-0.3, -0.25) is 19.8 Å². The zero-order chi connectivity index (χ0) is 16.1. The molecule has 0 fully saturated rings. The fourth-order valence-corrected chi connectivity index (χ4v) is 2.14. The Balaban J connectivity index is 2.65. The number of para-hydroxylation sites is 1. The van der Waals surface area contributed by atoms with Crippen LogP contribution in [0.15, 0.2) is 48.5 Å². The molecule has 0 aliphatic carbocycles. The van der Waals surface area contributed by atoms with E-state index in [-0.39, 0.29) is 16.4 Å². The van der Waals surface area contributed by atoms with Gasteiger partial charge in [0.25, 0.3) is 5.69 Å². The number of rotatable bonds is 4. The van der Waals surface area contributed by atoms with E-state index in [1.165, 1.54) is 18.2 Å². The molecule has 2 aromatic carbocycles. The van der Waals surface area contributed by atoms with Crippen molar-refractivity contribution in [1.82, 2.24) is 0 Å². The number of hydrogen-bond donors (Lipinski definition) is 0. The van der Waals surface area contributed by atoms with Crippen molar-refractivity contribution in [1.29, 1.82) is 5.26 Å². The number of carbonyl (C=O) groups is 1. The van der Waals surface area contributed by atoms with Crippen molar-refractivity contribution in [3.63, 3.8) is 0 Å². The minimum atomic E-state index is -0.596. The van der Waals surface area contributed by atoms with Crippen LogP contribution >= 0.6 is 11.6 Å². The molecule has 0 saturated heterocycles. The van der Waals surface area contributed by atoms with Gasteiger partial charge in [0.2, 0.25) is 5.91 Å². The summed E-state index contributed by atoms with van der Waals surface area (Å²) in [5.41, 5.74) is 0.191. The van der Waals surface area contributed by atoms with Gasteiger partial charge in [-0.2, -0.15) is 5.26 Å². The van der Waals surface area contributed by atoms with Crippen LogP contribution in [0.2, 0.25) is 5.02 Å². The lowest BCUT2D eigenvalue weighted by Crippen LogP contribution is -2.26. The maximum absolute atomic E-state index is 12.3. The number of nitrogens with zero attached hydrogens (tertiary/aromatic N) is 3. The van der Waals surface area contributed by atoms with Gasteiger partial charge in [0, 0.05) is 16.8 Å². The van der Waals surface area contributed by atoms with Gasteiger partial charge >= 0.3 is 0 Å². The molecular weight excluding hydrogens is 306 g/mol. The third kappa shape index (κ3) is 3.22. The largest absolute Gasteiger partial charge is 0.293 e. The smallest absolute Gasteiger partial charge is 0.274 e. The number of carbonyl (C=O) groups excluding carboxylic acids is 1. The molecule has 0 heterocycles. The van der Waals surface area contributed by atoms with Crippen LogP contribution in [0.5, 0.6) is 0 Å². The highest BCUT2D eigenvalue weighted by Gasteiger charge is 2.26. The molecule has 6 nitrogen and oxygen atoms in total. The summed E-state index contributed by atoms with van der Waals surface area (Å²) in [5, 5.41) is 20.2. The topological polar surface area (TPSA) is 87.2 Å². The first-order valence-corrected chi connectivity index (χ1v) is 6.61. The summed E-state index contributed by atoms with van der Waals surface area (Å²) >= 11 is 5.91. The van der Waals surface area contributed by atoms with Crippen molar-refractivity contribution < 1.29 is 9.72 Å². The zero-order valence-electron chi connectivity index (χ0n) is 11.3. The van der Waals surface area contributed by atoms with E-state index in [0.717, 1.165) is 4.90 Å².